The van der Waals surface area contributed by atoms with Gasteiger partial charge in [0.2, 0.25) is 0 Å². The molecule has 1 aliphatic rings. The van der Waals surface area contributed by atoms with Crippen molar-refractivity contribution in [3.8, 4) is 0 Å². The van der Waals surface area contributed by atoms with Gasteiger partial charge in [-0.15, -0.1) is 0 Å². The maximum absolute atomic E-state index is 14.8. The first-order valence-electron chi connectivity index (χ1n) is 10.6. The molecule has 1 saturated heterocycles. The Labute approximate surface area is 188 Å². The molecule has 170 valence electrons. The fraction of sp³-hybridized carbons (Fsp3) is 0.217. The molecule has 0 unspecified atom stereocenters. The van der Waals surface area contributed by atoms with Crippen LogP contribution in [0.1, 0.15) is 11.3 Å². The van der Waals surface area contributed by atoms with Gasteiger partial charge in [-0.3, -0.25) is 0 Å². The molecule has 0 radical (unpaired) electrons. The summed E-state index contributed by atoms with van der Waals surface area (Å²) in [7, 11) is -3.08. The second-order valence-corrected chi connectivity index (χ2v) is 11.9. The van der Waals surface area contributed by atoms with Crippen molar-refractivity contribution in [1.82, 2.24) is 20.2 Å². The first-order valence-corrected chi connectivity index (χ1v) is 13.0. The van der Waals surface area contributed by atoms with Crippen LogP contribution in [0.15, 0.2) is 59.7 Å². The molecule has 0 aliphatic carbocycles. The molecule has 0 atom stereocenters. The summed E-state index contributed by atoms with van der Waals surface area (Å²) in [6.07, 6.45) is 3.43. The summed E-state index contributed by atoms with van der Waals surface area (Å²) in [6.45, 7) is 0.925. The van der Waals surface area contributed by atoms with Crippen molar-refractivity contribution in [2.24, 2.45) is 0 Å². The van der Waals surface area contributed by atoms with Gasteiger partial charge in [0.05, 0.1) is 0 Å². The predicted molar refractivity (Wildman–Crippen MR) is 126 cm³/mol. The molecule has 0 amide bonds. The fourth-order valence-corrected chi connectivity index (χ4v) is 7.40. The number of halogens is 2. The van der Waals surface area contributed by atoms with E-state index < -0.39 is 19.1 Å². The predicted octanol–water partition coefficient (Wildman–Crippen LogP) is 2.38. The molecular weight excluding hydrogens is 447 g/mol. The summed E-state index contributed by atoms with van der Waals surface area (Å²) in [5.41, 5.74) is 1.23. The minimum atomic E-state index is -3.08. The van der Waals surface area contributed by atoms with E-state index in [4.69, 9.17) is 0 Å². The zero-order valence-corrected chi connectivity index (χ0v) is 18.6. The van der Waals surface area contributed by atoms with Crippen molar-refractivity contribution in [3.05, 3.63) is 88.1 Å². The third-order valence-corrected chi connectivity index (χ3v) is 9.65. The number of aromatic amines is 1. The van der Waals surface area contributed by atoms with Gasteiger partial charge in [0.1, 0.15) is 0 Å². The Bertz CT molecular complexity index is 1370. The number of rotatable bonds is 4. The average Bonchev–Trinajstić information content (AvgIpc) is 2.83. The molecule has 3 heterocycles. The molecule has 1 aliphatic heterocycles. The third kappa shape index (κ3) is 4.21. The van der Waals surface area contributed by atoms with E-state index in [9.17, 15) is 18.5 Å². The molecule has 0 saturated carbocycles. The summed E-state index contributed by atoms with van der Waals surface area (Å²) in [5.74, 6) is -0.526. The number of nitrogens with one attached hydrogen (secondary N) is 1. The standard InChI is InChI=1S/C23H22F2N5O2P/c24-16-13-26-23(27-14-16)30-7-9-33(32,10-8-30)21-12-15(5-6-19(21)25)11-20-17-3-1-2-4-18(17)22(31)29-28-20/h1-6,12-14,32-33H,7-11H2,(H,29,31). The first-order chi connectivity index (χ1) is 15.9. The average molecular weight is 469 g/mol. The number of H-pyrrole nitrogens is 1. The third-order valence-electron chi connectivity index (χ3n) is 6.16. The van der Waals surface area contributed by atoms with Crippen molar-refractivity contribution in [2.75, 3.05) is 30.3 Å². The van der Waals surface area contributed by atoms with E-state index in [1.807, 2.05) is 17.0 Å². The van der Waals surface area contributed by atoms with Crippen molar-refractivity contribution in [1.29, 1.82) is 0 Å². The van der Waals surface area contributed by atoms with Crippen LogP contribution in [0.3, 0.4) is 0 Å². The quantitative estimate of drug-likeness (QED) is 0.446. The van der Waals surface area contributed by atoms with Crippen LogP contribution in [0.4, 0.5) is 14.7 Å². The van der Waals surface area contributed by atoms with Crippen LogP contribution in [0.2, 0.25) is 0 Å². The summed E-state index contributed by atoms with van der Waals surface area (Å²) < 4.78 is 27.9. The van der Waals surface area contributed by atoms with Crippen LogP contribution in [-0.4, -0.2) is 50.5 Å². The van der Waals surface area contributed by atoms with Crippen LogP contribution < -0.4 is 15.8 Å². The molecule has 0 bridgehead atoms. The van der Waals surface area contributed by atoms with Gasteiger partial charge in [-0.2, -0.15) is 0 Å². The van der Waals surface area contributed by atoms with Crippen LogP contribution in [0, 0.1) is 11.6 Å². The minimum absolute atomic E-state index is 0.257. The van der Waals surface area contributed by atoms with Gasteiger partial charge < -0.3 is 0 Å². The van der Waals surface area contributed by atoms with E-state index >= 15 is 0 Å². The molecule has 5 rings (SSSR count). The molecule has 2 N–H and O–H groups in total. The van der Waals surface area contributed by atoms with Gasteiger partial charge in [-0.05, 0) is 0 Å². The van der Waals surface area contributed by atoms with Crippen molar-refractivity contribution >= 4 is 29.5 Å². The Kier molecular flexibility index (Phi) is 5.60. The Morgan fingerprint density at radius 3 is 2.45 bits per heavy atom. The number of fused-ring (bicyclic) bond motifs is 1. The molecule has 2 aromatic heterocycles. The maximum atomic E-state index is 14.8. The van der Waals surface area contributed by atoms with Crippen LogP contribution in [0.5, 0.6) is 0 Å². The molecule has 33 heavy (non-hydrogen) atoms. The van der Waals surface area contributed by atoms with E-state index in [2.05, 4.69) is 20.2 Å². The van der Waals surface area contributed by atoms with Crippen LogP contribution >= 0.6 is 7.49 Å². The first kappa shape index (κ1) is 21.6. The van der Waals surface area contributed by atoms with Crippen molar-refractivity contribution in [3.63, 3.8) is 0 Å². The molecule has 7 nitrogen and oxygen atoms in total. The Balaban J connectivity index is 1.40. The zero-order valence-electron chi connectivity index (χ0n) is 17.6. The number of hydrogen-bond acceptors (Lipinski definition) is 6. The van der Waals surface area contributed by atoms with Gasteiger partial charge in [0.15, 0.2) is 0 Å². The molecule has 1 fully saturated rings. The molecule has 0 spiro atoms. The Morgan fingerprint density at radius 2 is 1.73 bits per heavy atom. The molecule has 10 heteroatoms. The van der Waals surface area contributed by atoms with E-state index in [-0.39, 0.29) is 5.56 Å². The Morgan fingerprint density at radius 1 is 1.03 bits per heavy atom. The number of nitrogens with zero attached hydrogens (tertiary/aromatic N) is 4. The number of anilines is 1. The Hall–Kier alpha value is -3.29. The number of benzene rings is 2. The van der Waals surface area contributed by atoms with E-state index in [0.29, 0.717) is 54.2 Å². The van der Waals surface area contributed by atoms with Gasteiger partial charge in [0, 0.05) is 0 Å². The SMILES string of the molecule is O=c1[nH]nc(Cc2ccc(F)c([PH]3(O)CCN(c4ncc(F)cn4)CC3)c2)c2ccccc12. The van der Waals surface area contributed by atoms with E-state index in [1.54, 1.807) is 24.3 Å². The normalized spacial score (nSPS) is 16.6. The van der Waals surface area contributed by atoms with Crippen LogP contribution in [0.25, 0.3) is 10.8 Å². The van der Waals surface area contributed by atoms with E-state index in [0.717, 1.165) is 23.3 Å². The summed E-state index contributed by atoms with van der Waals surface area (Å²) >= 11 is 0. The van der Waals surface area contributed by atoms with Gasteiger partial charge in [-0.25, -0.2) is 0 Å². The number of aromatic nitrogens is 4. The molecule has 4 aromatic rings. The molecular formula is C23H22F2N5O2P. The van der Waals surface area contributed by atoms with Gasteiger partial charge in [0.25, 0.3) is 0 Å². The summed E-state index contributed by atoms with van der Waals surface area (Å²) in [5, 5.41) is 8.39. The summed E-state index contributed by atoms with van der Waals surface area (Å²) in [6, 6.07) is 12.0. The topological polar surface area (TPSA) is 95.0 Å². The van der Waals surface area contributed by atoms with Gasteiger partial charge >= 0.3 is 188 Å². The van der Waals surface area contributed by atoms with Crippen LogP contribution in [-0.2, 0) is 6.42 Å². The second kappa shape index (κ2) is 8.57. The monoisotopic (exact) mass is 469 g/mol. The summed E-state index contributed by atoms with van der Waals surface area (Å²) in [4.78, 5) is 33.4. The van der Waals surface area contributed by atoms with Crippen molar-refractivity contribution in [2.45, 2.75) is 6.42 Å². The fourth-order valence-electron chi connectivity index (χ4n) is 4.35. The second-order valence-electron chi connectivity index (χ2n) is 8.26. The molecule has 2 aromatic carbocycles. The van der Waals surface area contributed by atoms with Crippen molar-refractivity contribution < 1.29 is 13.7 Å². The number of hydrogen-bond donors (Lipinski definition) is 2. The van der Waals surface area contributed by atoms with Gasteiger partial charge in [-0.1, -0.05) is 0 Å². The van der Waals surface area contributed by atoms with E-state index in [1.165, 1.54) is 6.07 Å². The zero-order chi connectivity index (χ0) is 23.0.